The van der Waals surface area contributed by atoms with Gasteiger partial charge in [-0.25, -0.2) is 0 Å². The maximum atomic E-state index is 13.5. The van der Waals surface area contributed by atoms with E-state index >= 15 is 0 Å². The largest absolute Gasteiger partial charge is 0.493 e. The lowest BCUT2D eigenvalue weighted by atomic mass is 9.93. The van der Waals surface area contributed by atoms with Crippen LogP contribution in [0.3, 0.4) is 0 Å². The van der Waals surface area contributed by atoms with Gasteiger partial charge in [0, 0.05) is 35.4 Å². The molecule has 0 N–H and O–H groups in total. The van der Waals surface area contributed by atoms with Gasteiger partial charge in [0.05, 0.1) is 28.4 Å². The maximum absolute atomic E-state index is 13.5. The van der Waals surface area contributed by atoms with Gasteiger partial charge in [0.1, 0.15) is 0 Å². The van der Waals surface area contributed by atoms with Crippen molar-refractivity contribution in [2.75, 3.05) is 48.1 Å². The van der Waals surface area contributed by atoms with Gasteiger partial charge in [-0.2, -0.15) is 0 Å². The third kappa shape index (κ3) is 4.97. The molecule has 0 spiro atoms. The molecule has 0 amide bonds. The molecule has 1 heterocycles. The third-order valence-corrected chi connectivity index (χ3v) is 5.44. The molecule has 0 saturated carbocycles. The van der Waals surface area contributed by atoms with Crippen LogP contribution in [0.4, 0.5) is 0 Å². The Labute approximate surface area is 190 Å². The number of nitrogens with zero attached hydrogens (tertiary/aromatic N) is 1. The van der Waals surface area contributed by atoms with Crippen molar-refractivity contribution in [3.05, 3.63) is 58.7 Å². The van der Waals surface area contributed by atoms with Crippen molar-refractivity contribution in [3.8, 4) is 23.0 Å². The highest BCUT2D eigenvalue weighted by Gasteiger charge is 2.26. The molecule has 32 heavy (non-hydrogen) atoms. The van der Waals surface area contributed by atoms with Gasteiger partial charge in [0.2, 0.25) is 0 Å². The van der Waals surface area contributed by atoms with Crippen LogP contribution in [0.2, 0.25) is 0 Å². The number of likely N-dealkylation sites (tertiary alicyclic amines) is 1. The molecule has 6 heteroatoms. The fourth-order valence-corrected chi connectivity index (χ4v) is 4.01. The van der Waals surface area contributed by atoms with Crippen molar-refractivity contribution in [2.24, 2.45) is 0 Å². The Kier molecular flexibility index (Phi) is 7.95. The van der Waals surface area contributed by atoms with E-state index in [1.165, 1.54) is 0 Å². The molecule has 1 aliphatic heterocycles. The molecule has 2 aromatic rings. The first-order valence-electron chi connectivity index (χ1n) is 10.7. The van der Waals surface area contributed by atoms with E-state index in [-0.39, 0.29) is 5.78 Å². The smallest absolute Gasteiger partial charge is 0.187 e. The molecule has 170 valence electrons. The number of Topliss-reactive ketones (excluding diaryl/α,β-unsaturated/α-hetero) is 1. The van der Waals surface area contributed by atoms with Crippen molar-refractivity contribution in [1.82, 2.24) is 4.90 Å². The molecule has 0 unspecified atom stereocenters. The summed E-state index contributed by atoms with van der Waals surface area (Å²) in [7, 11) is 6.41. The minimum absolute atomic E-state index is 0.0205. The van der Waals surface area contributed by atoms with Crippen LogP contribution in [0, 0.1) is 0 Å². The Balaban J connectivity index is 2.07. The minimum Gasteiger partial charge on any atom is -0.493 e. The summed E-state index contributed by atoms with van der Waals surface area (Å²) in [6.07, 6.45) is 4.81. The van der Waals surface area contributed by atoms with Gasteiger partial charge >= 0.3 is 0 Å². The second-order valence-electron chi connectivity index (χ2n) is 7.54. The van der Waals surface area contributed by atoms with Gasteiger partial charge in [-0.1, -0.05) is 31.2 Å². The van der Waals surface area contributed by atoms with Gasteiger partial charge in [0.15, 0.2) is 28.8 Å². The van der Waals surface area contributed by atoms with Crippen LogP contribution in [-0.4, -0.2) is 58.8 Å². The predicted molar refractivity (Wildman–Crippen MR) is 127 cm³/mol. The van der Waals surface area contributed by atoms with Gasteiger partial charge in [-0.15, -0.1) is 0 Å². The van der Waals surface area contributed by atoms with Gasteiger partial charge < -0.3 is 18.9 Å². The number of methoxy groups -OCH3 is 4. The van der Waals surface area contributed by atoms with Crippen molar-refractivity contribution in [3.63, 3.8) is 0 Å². The Morgan fingerprint density at radius 2 is 1.25 bits per heavy atom. The summed E-state index contributed by atoms with van der Waals surface area (Å²) in [6, 6.07) is 11.3. The molecule has 2 aromatic carbocycles. The molecule has 0 radical (unpaired) electrons. The number of rotatable bonds is 8. The lowest BCUT2D eigenvalue weighted by Crippen LogP contribution is -2.38. The van der Waals surface area contributed by atoms with Crippen LogP contribution < -0.4 is 18.9 Å². The molecule has 0 atom stereocenters. The minimum atomic E-state index is 0.0205. The molecular formula is C26H31NO5. The highest BCUT2D eigenvalue weighted by molar-refractivity contribution is 6.15. The summed E-state index contributed by atoms with van der Waals surface area (Å²) in [6.45, 7) is 4.20. The highest BCUT2D eigenvalue weighted by Crippen LogP contribution is 2.35. The van der Waals surface area contributed by atoms with E-state index in [1.807, 2.05) is 48.6 Å². The topological polar surface area (TPSA) is 57.2 Å². The number of carbonyl (C=O) groups excluding carboxylic acids is 1. The van der Waals surface area contributed by atoms with E-state index in [4.69, 9.17) is 18.9 Å². The fourth-order valence-electron chi connectivity index (χ4n) is 4.01. The first kappa shape index (κ1) is 23.4. The number of ether oxygens (including phenoxy) is 4. The SMILES string of the molecule is CCCN1C/C(=C/c2cccc(OC)c2OC)C(=O)/C(=C/c2cccc(OC)c2OC)C1. The van der Waals surface area contributed by atoms with E-state index in [1.54, 1.807) is 28.4 Å². The lowest BCUT2D eigenvalue weighted by molar-refractivity contribution is -0.113. The number of para-hydroxylation sites is 2. The van der Waals surface area contributed by atoms with E-state index in [0.717, 1.165) is 24.1 Å². The monoisotopic (exact) mass is 437 g/mol. The van der Waals surface area contributed by atoms with Crippen molar-refractivity contribution in [2.45, 2.75) is 13.3 Å². The molecule has 0 aliphatic carbocycles. The summed E-state index contributed by atoms with van der Waals surface area (Å²) in [4.78, 5) is 15.8. The molecule has 1 aliphatic rings. The average molecular weight is 438 g/mol. The highest BCUT2D eigenvalue weighted by atomic mass is 16.5. The molecule has 1 fully saturated rings. The molecule has 6 nitrogen and oxygen atoms in total. The Morgan fingerprint density at radius 1 is 0.781 bits per heavy atom. The Bertz CT molecular complexity index is 947. The first-order valence-corrected chi connectivity index (χ1v) is 10.7. The second-order valence-corrected chi connectivity index (χ2v) is 7.54. The molecule has 1 saturated heterocycles. The number of piperidine rings is 1. The lowest BCUT2D eigenvalue weighted by Gasteiger charge is -2.29. The van der Waals surface area contributed by atoms with Crippen LogP contribution in [0.1, 0.15) is 24.5 Å². The Morgan fingerprint density at radius 3 is 1.62 bits per heavy atom. The number of benzene rings is 2. The summed E-state index contributed by atoms with van der Waals surface area (Å²) in [5.41, 5.74) is 3.05. The number of hydrogen-bond acceptors (Lipinski definition) is 6. The van der Waals surface area contributed by atoms with E-state index in [9.17, 15) is 4.79 Å². The van der Waals surface area contributed by atoms with Crippen LogP contribution in [-0.2, 0) is 4.79 Å². The number of ketones is 1. The van der Waals surface area contributed by atoms with Gasteiger partial charge in [-0.3, -0.25) is 9.69 Å². The quantitative estimate of drug-likeness (QED) is 0.568. The van der Waals surface area contributed by atoms with E-state index < -0.39 is 0 Å². The number of hydrogen-bond donors (Lipinski definition) is 0. The molecule has 3 rings (SSSR count). The van der Waals surface area contributed by atoms with E-state index in [0.29, 0.717) is 47.2 Å². The van der Waals surface area contributed by atoms with Crippen molar-refractivity contribution >= 4 is 17.9 Å². The Hall–Kier alpha value is -3.25. The summed E-state index contributed by atoms with van der Waals surface area (Å²) >= 11 is 0. The summed E-state index contributed by atoms with van der Waals surface area (Å²) in [5, 5.41) is 0. The van der Waals surface area contributed by atoms with E-state index in [2.05, 4.69) is 11.8 Å². The average Bonchev–Trinajstić information content (AvgIpc) is 2.81. The zero-order chi connectivity index (χ0) is 23.1. The normalized spacial score (nSPS) is 17.0. The van der Waals surface area contributed by atoms with Crippen LogP contribution in [0.15, 0.2) is 47.5 Å². The van der Waals surface area contributed by atoms with Gasteiger partial charge in [-0.05, 0) is 37.3 Å². The molecular weight excluding hydrogens is 406 g/mol. The molecule has 0 bridgehead atoms. The van der Waals surface area contributed by atoms with Crippen LogP contribution in [0.5, 0.6) is 23.0 Å². The van der Waals surface area contributed by atoms with Crippen molar-refractivity contribution in [1.29, 1.82) is 0 Å². The van der Waals surface area contributed by atoms with Crippen molar-refractivity contribution < 1.29 is 23.7 Å². The summed E-state index contributed by atoms with van der Waals surface area (Å²) < 4.78 is 21.9. The fraction of sp³-hybridized carbons (Fsp3) is 0.346. The first-order chi connectivity index (χ1) is 15.6. The summed E-state index contributed by atoms with van der Waals surface area (Å²) in [5.74, 6) is 2.51. The van der Waals surface area contributed by atoms with Crippen LogP contribution in [0.25, 0.3) is 12.2 Å². The number of carbonyl (C=O) groups is 1. The molecule has 0 aromatic heterocycles. The zero-order valence-electron chi connectivity index (χ0n) is 19.4. The standard InChI is InChI=1S/C26H31NO5/c1-6-13-27-16-20(14-18-9-7-11-22(29-2)25(18)31-4)24(28)21(17-27)15-19-10-8-12-23(30-3)26(19)32-5/h7-12,14-15H,6,13,16-17H2,1-5H3/b20-14-,21-15+. The zero-order valence-corrected chi connectivity index (χ0v) is 19.4. The third-order valence-electron chi connectivity index (χ3n) is 5.44. The predicted octanol–water partition coefficient (Wildman–Crippen LogP) is 4.48. The van der Waals surface area contributed by atoms with Gasteiger partial charge in [0.25, 0.3) is 0 Å². The van der Waals surface area contributed by atoms with Crippen LogP contribution >= 0.6 is 0 Å². The second kappa shape index (κ2) is 10.9. The maximum Gasteiger partial charge on any atom is 0.187 e.